The van der Waals surface area contributed by atoms with Crippen LogP contribution in [0.2, 0.25) is 0 Å². The van der Waals surface area contributed by atoms with Crippen molar-refractivity contribution >= 4 is 95.6 Å². The topological polar surface area (TPSA) is 86.2 Å². The van der Waals surface area contributed by atoms with Crippen molar-refractivity contribution in [3.63, 3.8) is 0 Å². The van der Waals surface area contributed by atoms with Crippen LogP contribution in [0.5, 0.6) is 0 Å². The van der Waals surface area contributed by atoms with E-state index in [4.69, 9.17) is 30.1 Å². The van der Waals surface area contributed by atoms with E-state index in [1.807, 2.05) is 59.1 Å². The van der Waals surface area contributed by atoms with Gasteiger partial charge in [0.15, 0.2) is 11.6 Å². The first-order valence-electron chi connectivity index (χ1n) is 41.7. The van der Waals surface area contributed by atoms with Crippen molar-refractivity contribution in [2.75, 3.05) is 0 Å². The molecule has 0 aliphatic carbocycles. The van der Waals surface area contributed by atoms with Crippen LogP contribution >= 0.6 is 22.7 Å². The lowest BCUT2D eigenvalue weighted by atomic mass is 9.95. The lowest BCUT2D eigenvalue weighted by Gasteiger charge is -2.12. The molecule has 0 amide bonds. The Labute approximate surface area is 723 Å². The van der Waals surface area contributed by atoms with Crippen LogP contribution in [0.3, 0.4) is 0 Å². The minimum absolute atomic E-state index is 0.678. The molecule has 0 fully saturated rings. The van der Waals surface area contributed by atoms with E-state index in [1.54, 1.807) is 0 Å². The molecule has 0 saturated heterocycles. The van der Waals surface area contributed by atoms with Crippen LogP contribution in [0, 0.1) is 0 Å². The molecule has 0 aliphatic heterocycles. The quantitative estimate of drug-likeness (QED) is 0.108. The molecule has 124 heavy (non-hydrogen) atoms. The zero-order valence-electron chi connectivity index (χ0n) is 67.0. The van der Waals surface area contributed by atoms with Crippen molar-refractivity contribution in [3.05, 3.63) is 437 Å². The Bertz CT molecular complexity index is 8210. The number of thiophene rings is 2. The summed E-state index contributed by atoms with van der Waals surface area (Å²) in [5.41, 5.74) is 28.8. The molecule has 10 heteroatoms. The maximum Gasteiger partial charge on any atom is 0.160 e. The molecule has 0 radical (unpaired) electrons. The first-order valence-corrected chi connectivity index (χ1v) is 43.3. The van der Waals surface area contributed by atoms with Crippen molar-refractivity contribution < 1.29 is 0 Å². The summed E-state index contributed by atoms with van der Waals surface area (Å²) >= 11 is 3.69. The third kappa shape index (κ3) is 13.5. The fraction of sp³-hybridized carbons (Fsp3) is 0. The number of aromatic nitrogens is 8. The molecule has 0 N–H and O–H groups in total. The van der Waals surface area contributed by atoms with Gasteiger partial charge < -0.3 is 0 Å². The van der Waals surface area contributed by atoms with E-state index in [0.717, 1.165) is 151 Å². The molecule has 24 aromatic rings. The Hall–Kier alpha value is -16.0. The molecule has 0 saturated carbocycles. The summed E-state index contributed by atoms with van der Waals surface area (Å²) in [6, 6.07) is 155. The largest absolute Gasteiger partial charge is 0.231 e. The SMILES string of the molecule is c1ccc(-c2nc(-c3ccc(-c4ccc5c(c4)sc4ccccc45)cc3)cc(-c3cccc(-c4nn5c(-c6ccccc6)cc6ccccc6c5c4-c4ccccc4)c3)n2)cc1.c1ccc(-c2nc(-c3cccc(-c4ccc5c(c4)sc4ccccc45)c3)cc(-c3cccc(-c4nn5c(-c6ccccc6)cc6ccccc6c5c4-c4ccccc4)c3)n2)cc1. The van der Waals surface area contributed by atoms with Gasteiger partial charge in [-0.2, -0.15) is 10.2 Å². The van der Waals surface area contributed by atoms with Crippen LogP contribution in [0.25, 0.3) is 230 Å². The number of hydrogen-bond acceptors (Lipinski definition) is 8. The number of fused-ring (bicyclic) bond motifs is 12. The van der Waals surface area contributed by atoms with Crippen LogP contribution in [0.4, 0.5) is 0 Å². The van der Waals surface area contributed by atoms with E-state index >= 15 is 0 Å². The molecule has 8 heterocycles. The predicted octanol–water partition coefficient (Wildman–Crippen LogP) is 30.6. The van der Waals surface area contributed by atoms with Crippen LogP contribution < -0.4 is 0 Å². The van der Waals surface area contributed by atoms with Gasteiger partial charge in [-0.25, -0.2) is 29.0 Å². The van der Waals surface area contributed by atoms with E-state index in [0.29, 0.717) is 11.6 Å². The van der Waals surface area contributed by atoms with Crippen molar-refractivity contribution in [1.82, 2.24) is 39.2 Å². The summed E-state index contributed by atoms with van der Waals surface area (Å²) in [7, 11) is 0. The summed E-state index contributed by atoms with van der Waals surface area (Å²) in [4.78, 5) is 20.9. The molecule has 0 spiro atoms. The summed E-state index contributed by atoms with van der Waals surface area (Å²) < 4.78 is 9.49. The molecule has 16 aromatic carbocycles. The highest BCUT2D eigenvalue weighted by Gasteiger charge is 2.26. The highest BCUT2D eigenvalue weighted by atomic mass is 32.1. The van der Waals surface area contributed by atoms with Gasteiger partial charge in [0.25, 0.3) is 0 Å². The molecule has 24 rings (SSSR count). The predicted molar refractivity (Wildman–Crippen MR) is 518 cm³/mol. The Morgan fingerprint density at radius 3 is 0.887 bits per heavy atom. The van der Waals surface area contributed by atoms with Crippen molar-refractivity contribution in [2.24, 2.45) is 0 Å². The number of benzene rings is 16. The highest BCUT2D eigenvalue weighted by molar-refractivity contribution is 7.26. The second kappa shape index (κ2) is 31.3. The number of nitrogens with zero attached hydrogens (tertiary/aromatic N) is 8. The average molecular weight is 1620 g/mol. The summed E-state index contributed by atoms with van der Waals surface area (Å²) in [6.45, 7) is 0. The van der Waals surface area contributed by atoms with E-state index in [1.165, 1.54) is 67.8 Å². The number of rotatable bonds is 14. The zero-order chi connectivity index (χ0) is 82.0. The smallest absolute Gasteiger partial charge is 0.160 e. The third-order valence-electron chi connectivity index (χ3n) is 23.7. The van der Waals surface area contributed by atoms with Crippen LogP contribution in [0.15, 0.2) is 437 Å². The van der Waals surface area contributed by atoms with Crippen molar-refractivity contribution in [2.45, 2.75) is 0 Å². The summed E-state index contributed by atoms with van der Waals surface area (Å²) in [5.74, 6) is 1.36. The maximum absolute atomic E-state index is 5.51. The summed E-state index contributed by atoms with van der Waals surface area (Å²) in [6.07, 6.45) is 0. The van der Waals surface area contributed by atoms with Gasteiger partial charge in [0, 0.05) is 118 Å². The Kier molecular flexibility index (Phi) is 18.5. The van der Waals surface area contributed by atoms with E-state index in [-0.39, 0.29) is 0 Å². The van der Waals surface area contributed by atoms with E-state index in [9.17, 15) is 0 Å². The van der Waals surface area contributed by atoms with Gasteiger partial charge >= 0.3 is 0 Å². The van der Waals surface area contributed by atoms with Gasteiger partial charge in [0.05, 0.1) is 45.2 Å². The van der Waals surface area contributed by atoms with E-state index in [2.05, 4.69) is 409 Å². The standard InChI is InChI=1S/2C57H36N4S/c1-4-16-37(17-5-1)51-34-42-22-10-11-27-46(42)56-54(38-18-6-2-7-19-38)55(60-61(51)56)45-26-15-25-44(33-45)50-36-49(58-57(59-50)39-20-8-3-9-21-39)43-24-14-23-40(32-43)41-30-31-48-47-28-12-13-29-52(47)62-53(48)35-41;1-4-15-39(16-5-1)51-34-43-21-10-11-24-46(43)56-54(40-17-6-2-7-18-40)55(60-61(51)56)45-23-14-22-44(33-45)50-36-49(58-57(59-50)41-19-8-3-9-20-41)38-29-27-37(28-30-38)42-31-32-48-47-25-12-13-26-52(47)62-53(48)35-42/h2*1-36H. The van der Waals surface area contributed by atoms with Gasteiger partial charge in [-0.05, 0) is 111 Å². The van der Waals surface area contributed by atoms with Gasteiger partial charge in [0.2, 0.25) is 0 Å². The maximum atomic E-state index is 5.51. The lowest BCUT2D eigenvalue weighted by Crippen LogP contribution is -1.96. The van der Waals surface area contributed by atoms with Crippen molar-refractivity contribution in [1.29, 1.82) is 0 Å². The fourth-order valence-electron chi connectivity index (χ4n) is 17.6. The Balaban J connectivity index is 0.000000143. The molecule has 0 bridgehead atoms. The fourth-order valence-corrected chi connectivity index (χ4v) is 19.9. The lowest BCUT2D eigenvalue weighted by molar-refractivity contribution is 0.979. The van der Waals surface area contributed by atoms with Crippen molar-refractivity contribution in [3.8, 4) is 157 Å². The van der Waals surface area contributed by atoms with Gasteiger partial charge in [0.1, 0.15) is 11.4 Å². The normalized spacial score (nSPS) is 11.5. The molecule has 0 atom stereocenters. The molecule has 580 valence electrons. The summed E-state index contributed by atoms with van der Waals surface area (Å²) in [5, 5.41) is 20.9. The van der Waals surface area contributed by atoms with Gasteiger partial charge in [-0.3, -0.25) is 0 Å². The average Bonchev–Trinajstić information content (AvgIpc) is 1.56. The van der Waals surface area contributed by atoms with Crippen LogP contribution in [-0.4, -0.2) is 39.2 Å². The molecular weight excluding hydrogens is 1550 g/mol. The molecular formula is C114H72N8S2. The van der Waals surface area contributed by atoms with Crippen LogP contribution in [0.1, 0.15) is 0 Å². The number of hydrogen-bond donors (Lipinski definition) is 0. The molecule has 0 aliphatic rings. The molecule has 8 aromatic heterocycles. The molecule has 8 nitrogen and oxygen atoms in total. The van der Waals surface area contributed by atoms with Gasteiger partial charge in [-0.15, -0.1) is 22.7 Å². The second-order valence-electron chi connectivity index (χ2n) is 31.3. The number of pyridine rings is 2. The minimum Gasteiger partial charge on any atom is -0.231 e. The first kappa shape index (κ1) is 73.2. The Morgan fingerprint density at radius 2 is 0.468 bits per heavy atom. The van der Waals surface area contributed by atoms with E-state index < -0.39 is 0 Å². The molecule has 0 unspecified atom stereocenters. The zero-order valence-corrected chi connectivity index (χ0v) is 68.6. The monoisotopic (exact) mass is 1620 g/mol. The van der Waals surface area contributed by atoms with Gasteiger partial charge in [-0.1, -0.05) is 370 Å². The second-order valence-corrected chi connectivity index (χ2v) is 33.4. The Morgan fingerprint density at radius 1 is 0.177 bits per heavy atom. The highest BCUT2D eigenvalue weighted by Crippen LogP contribution is 2.47. The third-order valence-corrected chi connectivity index (χ3v) is 25.9. The first-order chi connectivity index (χ1) is 61.4. The minimum atomic E-state index is 0.678. The van der Waals surface area contributed by atoms with Crippen LogP contribution in [-0.2, 0) is 0 Å².